The average Bonchev–Trinajstić information content (AvgIpc) is 3.00. The Kier molecular flexibility index (Phi) is 4.06. The third kappa shape index (κ3) is 3.97. The molecule has 2 rings (SSSR count). The minimum atomic E-state index is -0.299. The first-order valence-corrected chi connectivity index (χ1v) is 7.02. The molecule has 1 aliphatic carbocycles. The lowest BCUT2D eigenvalue weighted by Gasteiger charge is -2.24. The van der Waals surface area contributed by atoms with Gasteiger partial charge in [-0.25, -0.2) is 0 Å². The highest BCUT2D eigenvalue weighted by molar-refractivity contribution is 5.07. The molecule has 2 aliphatic rings. The monoisotopic (exact) mass is 235 g/mol. The lowest BCUT2D eigenvalue weighted by Crippen LogP contribution is -2.42. The van der Waals surface area contributed by atoms with Crippen LogP contribution < -0.4 is 5.32 Å². The van der Waals surface area contributed by atoms with Crippen LogP contribution in [0.3, 0.4) is 0 Å². The molecular weight excluding hydrogens is 210 g/mol. The fourth-order valence-corrected chi connectivity index (χ4v) is 2.72. The number of nitrogens with zero attached hydrogens (tertiary/aromatic N) is 2. The minimum absolute atomic E-state index is 0.299. The SMILES string of the molecule is CC1CCN(CCCC(C)(C#N)NC2CC2)C1. The minimum Gasteiger partial charge on any atom is -0.303 e. The topological polar surface area (TPSA) is 39.1 Å². The van der Waals surface area contributed by atoms with Crippen LogP contribution in [0.5, 0.6) is 0 Å². The molecule has 0 amide bonds. The summed E-state index contributed by atoms with van der Waals surface area (Å²) in [5.74, 6) is 0.863. The van der Waals surface area contributed by atoms with Crippen molar-refractivity contribution in [2.45, 2.75) is 57.5 Å². The van der Waals surface area contributed by atoms with Crippen LogP contribution in [0.4, 0.5) is 0 Å². The zero-order chi connectivity index (χ0) is 12.3. The second-order valence-corrected chi connectivity index (χ2v) is 6.16. The van der Waals surface area contributed by atoms with Crippen molar-refractivity contribution < 1.29 is 0 Å². The van der Waals surface area contributed by atoms with Gasteiger partial charge in [-0.15, -0.1) is 0 Å². The first-order valence-electron chi connectivity index (χ1n) is 7.02. The van der Waals surface area contributed by atoms with Gasteiger partial charge in [0.05, 0.1) is 6.07 Å². The Balaban J connectivity index is 1.67. The number of rotatable bonds is 6. The van der Waals surface area contributed by atoms with E-state index in [1.165, 1.54) is 32.4 Å². The zero-order valence-corrected chi connectivity index (χ0v) is 11.2. The van der Waals surface area contributed by atoms with Crippen molar-refractivity contribution in [3.63, 3.8) is 0 Å². The van der Waals surface area contributed by atoms with E-state index in [9.17, 15) is 5.26 Å². The highest BCUT2D eigenvalue weighted by Crippen LogP contribution is 2.25. The Bertz CT molecular complexity index is 292. The zero-order valence-electron chi connectivity index (χ0n) is 11.2. The van der Waals surface area contributed by atoms with E-state index in [-0.39, 0.29) is 5.54 Å². The Morgan fingerprint density at radius 1 is 1.41 bits per heavy atom. The molecule has 3 heteroatoms. The molecule has 1 heterocycles. The van der Waals surface area contributed by atoms with E-state index in [0.717, 1.165) is 25.3 Å². The molecule has 0 bridgehead atoms. The fraction of sp³-hybridized carbons (Fsp3) is 0.929. The largest absolute Gasteiger partial charge is 0.303 e. The van der Waals surface area contributed by atoms with Gasteiger partial charge in [-0.05, 0) is 58.0 Å². The van der Waals surface area contributed by atoms with Crippen LogP contribution >= 0.6 is 0 Å². The lowest BCUT2D eigenvalue weighted by molar-refractivity contribution is 0.299. The number of nitrogens with one attached hydrogen (secondary N) is 1. The molecule has 0 aromatic carbocycles. The molecule has 2 atom stereocenters. The highest BCUT2D eigenvalue weighted by Gasteiger charge is 2.32. The van der Waals surface area contributed by atoms with Crippen LogP contribution in [0, 0.1) is 17.2 Å². The average molecular weight is 235 g/mol. The van der Waals surface area contributed by atoms with Gasteiger partial charge in [-0.2, -0.15) is 5.26 Å². The summed E-state index contributed by atoms with van der Waals surface area (Å²) in [6, 6.07) is 3.07. The number of likely N-dealkylation sites (tertiary alicyclic amines) is 1. The van der Waals surface area contributed by atoms with Gasteiger partial charge in [-0.1, -0.05) is 6.92 Å². The second kappa shape index (κ2) is 5.37. The van der Waals surface area contributed by atoms with Gasteiger partial charge in [0.1, 0.15) is 5.54 Å². The molecule has 1 saturated heterocycles. The molecule has 0 radical (unpaired) electrons. The first kappa shape index (κ1) is 12.9. The van der Waals surface area contributed by atoms with E-state index < -0.39 is 0 Å². The maximum atomic E-state index is 9.27. The summed E-state index contributed by atoms with van der Waals surface area (Å²) in [5, 5.41) is 12.7. The Morgan fingerprint density at radius 3 is 2.71 bits per heavy atom. The summed E-state index contributed by atoms with van der Waals surface area (Å²) in [6.07, 6.45) is 5.96. The van der Waals surface area contributed by atoms with Crippen LogP contribution in [-0.2, 0) is 0 Å². The first-order chi connectivity index (χ1) is 8.11. The second-order valence-electron chi connectivity index (χ2n) is 6.16. The third-order valence-corrected chi connectivity index (χ3v) is 4.01. The Hall–Kier alpha value is -0.590. The van der Waals surface area contributed by atoms with Gasteiger partial charge in [0, 0.05) is 12.6 Å². The van der Waals surface area contributed by atoms with Gasteiger partial charge in [-0.3, -0.25) is 5.32 Å². The van der Waals surface area contributed by atoms with Crippen molar-refractivity contribution >= 4 is 0 Å². The quantitative estimate of drug-likeness (QED) is 0.766. The summed E-state index contributed by atoms with van der Waals surface area (Å²) in [6.45, 7) is 8.04. The molecular formula is C14H25N3. The standard InChI is InChI=1S/C14H25N3/c1-12-6-9-17(10-12)8-3-7-14(2,11-15)16-13-4-5-13/h12-13,16H,3-10H2,1-2H3. The predicted molar refractivity (Wildman–Crippen MR) is 69.6 cm³/mol. The van der Waals surface area contributed by atoms with E-state index in [1.807, 2.05) is 0 Å². The molecule has 0 aromatic rings. The summed E-state index contributed by atoms with van der Waals surface area (Å²) in [5.41, 5.74) is -0.299. The van der Waals surface area contributed by atoms with Crippen LogP contribution in [0.15, 0.2) is 0 Å². The van der Waals surface area contributed by atoms with E-state index in [4.69, 9.17) is 0 Å². The number of nitriles is 1. The molecule has 1 saturated carbocycles. The van der Waals surface area contributed by atoms with Gasteiger partial charge < -0.3 is 4.90 Å². The van der Waals surface area contributed by atoms with Crippen molar-refractivity contribution in [3.05, 3.63) is 0 Å². The van der Waals surface area contributed by atoms with Crippen molar-refractivity contribution in [2.24, 2.45) is 5.92 Å². The van der Waals surface area contributed by atoms with Crippen molar-refractivity contribution in [1.82, 2.24) is 10.2 Å². The summed E-state index contributed by atoms with van der Waals surface area (Å²) >= 11 is 0. The molecule has 17 heavy (non-hydrogen) atoms. The van der Waals surface area contributed by atoms with Crippen LogP contribution in [0.2, 0.25) is 0 Å². The van der Waals surface area contributed by atoms with E-state index in [2.05, 4.69) is 30.1 Å². The maximum Gasteiger partial charge on any atom is 0.104 e. The summed E-state index contributed by atoms with van der Waals surface area (Å²) < 4.78 is 0. The van der Waals surface area contributed by atoms with E-state index >= 15 is 0 Å². The van der Waals surface area contributed by atoms with Gasteiger partial charge >= 0.3 is 0 Å². The smallest absolute Gasteiger partial charge is 0.104 e. The van der Waals surface area contributed by atoms with Crippen LogP contribution in [-0.4, -0.2) is 36.1 Å². The molecule has 3 nitrogen and oxygen atoms in total. The molecule has 2 unspecified atom stereocenters. The van der Waals surface area contributed by atoms with E-state index in [0.29, 0.717) is 6.04 Å². The predicted octanol–water partition coefficient (Wildman–Crippen LogP) is 2.14. The Labute approximate surface area is 105 Å². The highest BCUT2D eigenvalue weighted by atomic mass is 15.1. The van der Waals surface area contributed by atoms with Crippen LogP contribution in [0.25, 0.3) is 0 Å². The summed E-state index contributed by atoms with van der Waals surface area (Å²) in [7, 11) is 0. The fourth-order valence-electron chi connectivity index (χ4n) is 2.72. The van der Waals surface area contributed by atoms with Gasteiger partial charge in [0.15, 0.2) is 0 Å². The van der Waals surface area contributed by atoms with Gasteiger partial charge in [0.2, 0.25) is 0 Å². The van der Waals surface area contributed by atoms with E-state index in [1.54, 1.807) is 0 Å². The summed E-state index contributed by atoms with van der Waals surface area (Å²) in [4.78, 5) is 2.54. The van der Waals surface area contributed by atoms with Crippen molar-refractivity contribution in [3.8, 4) is 6.07 Å². The molecule has 1 N–H and O–H groups in total. The molecule has 0 spiro atoms. The normalized spacial score (nSPS) is 28.9. The molecule has 2 fully saturated rings. The lowest BCUT2D eigenvalue weighted by atomic mass is 9.97. The molecule has 96 valence electrons. The molecule has 0 aromatic heterocycles. The molecule has 1 aliphatic heterocycles. The van der Waals surface area contributed by atoms with Crippen molar-refractivity contribution in [2.75, 3.05) is 19.6 Å². The number of hydrogen-bond acceptors (Lipinski definition) is 3. The van der Waals surface area contributed by atoms with Crippen molar-refractivity contribution in [1.29, 1.82) is 5.26 Å². The maximum absolute atomic E-state index is 9.27. The number of hydrogen-bond donors (Lipinski definition) is 1. The van der Waals surface area contributed by atoms with Crippen LogP contribution in [0.1, 0.15) is 46.0 Å². The van der Waals surface area contributed by atoms with Gasteiger partial charge in [0.25, 0.3) is 0 Å². The third-order valence-electron chi connectivity index (χ3n) is 4.01. The Morgan fingerprint density at radius 2 is 2.18 bits per heavy atom.